The summed E-state index contributed by atoms with van der Waals surface area (Å²) in [5, 5.41) is 6.98. The molecule has 1 aliphatic rings. The van der Waals surface area contributed by atoms with Gasteiger partial charge in [-0.3, -0.25) is 4.79 Å². The largest absolute Gasteiger partial charge is 0.382 e. The highest BCUT2D eigenvalue weighted by Gasteiger charge is 2.37. The van der Waals surface area contributed by atoms with Crippen molar-refractivity contribution in [3.63, 3.8) is 0 Å². The van der Waals surface area contributed by atoms with Crippen molar-refractivity contribution < 1.29 is 4.79 Å². The number of carbonyl (C=O) groups is 1. The number of benzene rings is 1. The van der Waals surface area contributed by atoms with E-state index < -0.39 is 0 Å². The lowest BCUT2D eigenvalue weighted by molar-refractivity contribution is -0.125. The Hall–Kier alpha value is -1.22. The number of carbonyl (C=O) groups excluding carboxylic acids is 1. The Morgan fingerprint density at radius 2 is 2.00 bits per heavy atom. The molecule has 0 saturated carbocycles. The van der Waals surface area contributed by atoms with Gasteiger partial charge in [0.25, 0.3) is 0 Å². The average molecular weight is 253 g/mol. The fourth-order valence-corrected chi connectivity index (χ4v) is 2.36. The van der Waals surface area contributed by atoms with Crippen molar-refractivity contribution in [2.24, 2.45) is 5.41 Å². The summed E-state index contributed by atoms with van der Waals surface area (Å²) in [5.74, 6) is 0.0936. The van der Waals surface area contributed by atoms with Crippen molar-refractivity contribution in [3.05, 3.63) is 23.2 Å². The van der Waals surface area contributed by atoms with E-state index in [1.807, 2.05) is 26.0 Å². The maximum Gasteiger partial charge on any atom is 0.232 e. The second-order valence-corrected chi connectivity index (χ2v) is 4.92. The minimum Gasteiger partial charge on any atom is -0.382 e. The summed E-state index contributed by atoms with van der Waals surface area (Å²) in [5.41, 5.74) is 1.38. The highest BCUT2D eigenvalue weighted by Crippen LogP contribution is 2.35. The number of anilines is 2. The standard InChI is InChI=1S/C13H17ClN2O/c1-3-13(4-2)8-15-11-7-9(14)5-6-10(11)16-12(13)17/h5-7,15H,3-4,8H2,1-2H3,(H,16,17). The molecule has 4 heteroatoms. The molecule has 0 saturated heterocycles. The van der Waals surface area contributed by atoms with E-state index >= 15 is 0 Å². The first-order valence-electron chi connectivity index (χ1n) is 5.96. The van der Waals surface area contributed by atoms with Gasteiger partial charge in [-0.1, -0.05) is 25.4 Å². The number of hydrogen-bond acceptors (Lipinski definition) is 2. The molecule has 17 heavy (non-hydrogen) atoms. The van der Waals surface area contributed by atoms with Gasteiger partial charge >= 0.3 is 0 Å². The lowest BCUT2D eigenvalue weighted by Gasteiger charge is -2.27. The predicted molar refractivity (Wildman–Crippen MR) is 71.6 cm³/mol. The molecule has 0 atom stereocenters. The van der Waals surface area contributed by atoms with Crippen LogP contribution < -0.4 is 10.6 Å². The number of nitrogens with one attached hydrogen (secondary N) is 2. The van der Waals surface area contributed by atoms with Crippen molar-refractivity contribution in [3.8, 4) is 0 Å². The molecule has 1 heterocycles. The van der Waals surface area contributed by atoms with Crippen LogP contribution in [0.15, 0.2) is 18.2 Å². The van der Waals surface area contributed by atoms with Crippen LogP contribution in [-0.4, -0.2) is 12.5 Å². The molecular formula is C13H17ClN2O. The molecule has 0 unspecified atom stereocenters. The van der Waals surface area contributed by atoms with Crippen LogP contribution in [0.25, 0.3) is 0 Å². The van der Waals surface area contributed by atoms with Crippen LogP contribution in [0.1, 0.15) is 26.7 Å². The summed E-state index contributed by atoms with van der Waals surface area (Å²) >= 11 is 5.95. The minimum atomic E-state index is -0.328. The number of rotatable bonds is 2. The van der Waals surface area contributed by atoms with Crippen molar-refractivity contribution in [2.75, 3.05) is 17.2 Å². The van der Waals surface area contributed by atoms with Crippen LogP contribution in [-0.2, 0) is 4.79 Å². The van der Waals surface area contributed by atoms with Gasteiger partial charge in [-0.15, -0.1) is 0 Å². The zero-order chi connectivity index (χ0) is 12.5. The van der Waals surface area contributed by atoms with Gasteiger partial charge in [0.2, 0.25) is 5.91 Å². The fraction of sp³-hybridized carbons (Fsp3) is 0.462. The van der Waals surface area contributed by atoms with E-state index in [0.29, 0.717) is 11.6 Å². The Kier molecular flexibility index (Phi) is 3.29. The van der Waals surface area contributed by atoms with E-state index in [0.717, 1.165) is 24.2 Å². The van der Waals surface area contributed by atoms with Gasteiger partial charge < -0.3 is 10.6 Å². The zero-order valence-electron chi connectivity index (χ0n) is 10.1. The van der Waals surface area contributed by atoms with Crippen LogP contribution in [0.3, 0.4) is 0 Å². The normalized spacial score (nSPS) is 17.7. The molecule has 1 aliphatic heterocycles. The topological polar surface area (TPSA) is 41.1 Å². The van der Waals surface area contributed by atoms with E-state index in [4.69, 9.17) is 11.6 Å². The number of amides is 1. The Labute approximate surface area is 107 Å². The predicted octanol–water partition coefficient (Wildman–Crippen LogP) is 3.51. The molecule has 2 rings (SSSR count). The van der Waals surface area contributed by atoms with E-state index in [-0.39, 0.29) is 11.3 Å². The van der Waals surface area contributed by atoms with Gasteiger partial charge in [-0.25, -0.2) is 0 Å². The Balaban J connectivity index is 2.37. The Morgan fingerprint density at radius 3 is 2.65 bits per heavy atom. The molecule has 0 aliphatic carbocycles. The molecule has 1 aromatic rings. The first-order chi connectivity index (χ1) is 8.11. The SMILES string of the molecule is CCC1(CC)CNc2cc(Cl)ccc2NC1=O. The Bertz CT molecular complexity index is 441. The monoisotopic (exact) mass is 252 g/mol. The number of hydrogen-bond donors (Lipinski definition) is 2. The third-order valence-electron chi connectivity index (χ3n) is 3.68. The molecule has 0 bridgehead atoms. The van der Waals surface area contributed by atoms with Crippen molar-refractivity contribution in [1.29, 1.82) is 0 Å². The van der Waals surface area contributed by atoms with Crippen LogP contribution in [0, 0.1) is 5.41 Å². The van der Waals surface area contributed by atoms with Crippen LogP contribution in [0.5, 0.6) is 0 Å². The summed E-state index contributed by atoms with van der Waals surface area (Å²) in [7, 11) is 0. The lowest BCUT2D eigenvalue weighted by atomic mass is 9.81. The summed E-state index contributed by atoms with van der Waals surface area (Å²) in [4.78, 5) is 12.3. The zero-order valence-corrected chi connectivity index (χ0v) is 10.9. The molecule has 0 radical (unpaired) electrons. The van der Waals surface area contributed by atoms with Gasteiger partial charge in [-0.2, -0.15) is 0 Å². The average Bonchev–Trinajstić information content (AvgIpc) is 2.46. The second kappa shape index (κ2) is 4.57. The number of halogens is 1. The van der Waals surface area contributed by atoms with Crippen molar-refractivity contribution in [1.82, 2.24) is 0 Å². The first-order valence-corrected chi connectivity index (χ1v) is 6.34. The van der Waals surface area contributed by atoms with Crippen molar-refractivity contribution in [2.45, 2.75) is 26.7 Å². The van der Waals surface area contributed by atoms with Gasteiger partial charge in [0.1, 0.15) is 0 Å². The molecule has 3 nitrogen and oxygen atoms in total. The first kappa shape index (κ1) is 12.2. The van der Waals surface area contributed by atoms with Crippen LogP contribution in [0.2, 0.25) is 5.02 Å². The van der Waals surface area contributed by atoms with Gasteiger partial charge in [0.05, 0.1) is 16.8 Å². The highest BCUT2D eigenvalue weighted by molar-refractivity contribution is 6.31. The fourth-order valence-electron chi connectivity index (χ4n) is 2.19. The molecule has 2 N–H and O–H groups in total. The number of fused-ring (bicyclic) bond motifs is 1. The van der Waals surface area contributed by atoms with E-state index in [1.54, 1.807) is 6.07 Å². The summed E-state index contributed by atoms with van der Waals surface area (Å²) in [6.45, 7) is 4.75. The molecular weight excluding hydrogens is 236 g/mol. The minimum absolute atomic E-state index is 0.0936. The third kappa shape index (κ3) is 2.12. The summed E-state index contributed by atoms with van der Waals surface area (Å²) in [6.07, 6.45) is 1.65. The maximum atomic E-state index is 12.3. The van der Waals surface area contributed by atoms with Crippen LogP contribution in [0.4, 0.5) is 11.4 Å². The van der Waals surface area contributed by atoms with E-state index in [1.165, 1.54) is 0 Å². The molecule has 0 fully saturated rings. The van der Waals surface area contributed by atoms with Gasteiger partial charge in [-0.05, 0) is 31.0 Å². The molecule has 0 aromatic heterocycles. The lowest BCUT2D eigenvalue weighted by Crippen LogP contribution is -2.39. The maximum absolute atomic E-state index is 12.3. The van der Waals surface area contributed by atoms with Gasteiger partial charge in [0.15, 0.2) is 0 Å². The second-order valence-electron chi connectivity index (χ2n) is 4.49. The summed E-state index contributed by atoms with van der Waals surface area (Å²) < 4.78 is 0. The Morgan fingerprint density at radius 1 is 1.29 bits per heavy atom. The summed E-state index contributed by atoms with van der Waals surface area (Å²) in [6, 6.07) is 5.47. The van der Waals surface area contributed by atoms with Crippen molar-refractivity contribution >= 4 is 28.9 Å². The van der Waals surface area contributed by atoms with Crippen LogP contribution >= 0.6 is 11.6 Å². The molecule has 92 valence electrons. The smallest absolute Gasteiger partial charge is 0.232 e. The molecule has 0 spiro atoms. The molecule has 1 aromatic carbocycles. The molecule has 1 amide bonds. The van der Waals surface area contributed by atoms with E-state index in [9.17, 15) is 4.79 Å². The third-order valence-corrected chi connectivity index (χ3v) is 3.92. The van der Waals surface area contributed by atoms with E-state index in [2.05, 4.69) is 10.6 Å². The quantitative estimate of drug-likeness (QED) is 0.846. The highest BCUT2D eigenvalue weighted by atomic mass is 35.5. The van der Waals surface area contributed by atoms with Gasteiger partial charge in [0, 0.05) is 11.6 Å².